The van der Waals surface area contributed by atoms with Crippen molar-refractivity contribution in [2.75, 3.05) is 0 Å². The quantitative estimate of drug-likeness (QED) is 0.819. The van der Waals surface area contributed by atoms with Crippen molar-refractivity contribution in [3.8, 4) is 0 Å². The van der Waals surface area contributed by atoms with Crippen molar-refractivity contribution in [3.05, 3.63) is 18.2 Å². The molecule has 0 amide bonds. The van der Waals surface area contributed by atoms with Gasteiger partial charge in [0, 0.05) is 19.5 Å². The molecule has 1 saturated carbocycles. The zero-order chi connectivity index (χ0) is 11.1. The molecule has 2 N–H and O–H groups in total. The molecule has 16 heavy (non-hydrogen) atoms. The van der Waals surface area contributed by atoms with Gasteiger partial charge in [-0.15, -0.1) is 0 Å². The summed E-state index contributed by atoms with van der Waals surface area (Å²) in [6.45, 7) is 0. The highest BCUT2D eigenvalue weighted by Crippen LogP contribution is 2.33. The fourth-order valence-electron chi connectivity index (χ4n) is 2.09. The number of nitrogens with two attached hydrogens (primary N) is 1. The average Bonchev–Trinajstić information content (AvgIpc) is 3.05. The van der Waals surface area contributed by atoms with Gasteiger partial charge in [0.05, 0.1) is 17.3 Å². The minimum atomic E-state index is 0.235. The van der Waals surface area contributed by atoms with E-state index in [1.165, 1.54) is 12.8 Å². The van der Waals surface area contributed by atoms with Crippen molar-refractivity contribution in [2.45, 2.75) is 25.3 Å². The molecule has 84 valence electrons. The predicted molar refractivity (Wildman–Crippen MR) is 60.7 cm³/mol. The van der Waals surface area contributed by atoms with E-state index in [0.717, 1.165) is 23.1 Å². The van der Waals surface area contributed by atoms with Gasteiger partial charge < -0.3 is 5.73 Å². The third-order valence-electron chi connectivity index (χ3n) is 3.27. The smallest absolute Gasteiger partial charge is 0.161 e. The lowest BCUT2D eigenvalue weighted by atomic mass is 10.1. The zero-order valence-electron chi connectivity index (χ0n) is 9.30. The van der Waals surface area contributed by atoms with Gasteiger partial charge in [-0.05, 0) is 18.8 Å². The SMILES string of the molecule is Cn1ncc2c(CC(N)C3CC3)ncnc21. The second kappa shape index (κ2) is 3.52. The van der Waals surface area contributed by atoms with Crippen LogP contribution in [-0.4, -0.2) is 25.8 Å². The summed E-state index contributed by atoms with van der Waals surface area (Å²) >= 11 is 0. The summed E-state index contributed by atoms with van der Waals surface area (Å²) < 4.78 is 1.77. The van der Waals surface area contributed by atoms with Crippen LogP contribution in [0, 0.1) is 5.92 Å². The number of hydrogen-bond donors (Lipinski definition) is 1. The lowest BCUT2D eigenvalue weighted by Crippen LogP contribution is -2.25. The van der Waals surface area contributed by atoms with Gasteiger partial charge in [0.2, 0.25) is 0 Å². The molecule has 1 aliphatic carbocycles. The molecular formula is C11H15N5. The van der Waals surface area contributed by atoms with Crippen LogP contribution >= 0.6 is 0 Å². The summed E-state index contributed by atoms with van der Waals surface area (Å²) in [5, 5.41) is 5.23. The van der Waals surface area contributed by atoms with Crippen LogP contribution in [0.1, 0.15) is 18.5 Å². The second-order valence-corrected chi connectivity index (χ2v) is 4.53. The number of aryl methyl sites for hydroxylation is 1. The minimum Gasteiger partial charge on any atom is -0.327 e. The van der Waals surface area contributed by atoms with E-state index in [1.807, 2.05) is 13.2 Å². The van der Waals surface area contributed by atoms with Crippen molar-refractivity contribution in [2.24, 2.45) is 18.7 Å². The van der Waals surface area contributed by atoms with Crippen LogP contribution in [0.4, 0.5) is 0 Å². The second-order valence-electron chi connectivity index (χ2n) is 4.53. The Kier molecular flexibility index (Phi) is 2.14. The number of nitrogens with zero attached hydrogens (tertiary/aromatic N) is 4. The molecule has 2 aromatic heterocycles. The molecule has 1 unspecified atom stereocenters. The van der Waals surface area contributed by atoms with E-state index in [9.17, 15) is 0 Å². The van der Waals surface area contributed by atoms with Crippen molar-refractivity contribution in [1.82, 2.24) is 19.7 Å². The third-order valence-corrected chi connectivity index (χ3v) is 3.27. The predicted octanol–water partition coefficient (Wildman–Crippen LogP) is 0.643. The number of hydrogen-bond acceptors (Lipinski definition) is 4. The maximum Gasteiger partial charge on any atom is 0.161 e. The first-order valence-corrected chi connectivity index (χ1v) is 5.63. The first kappa shape index (κ1) is 9.72. The molecule has 0 spiro atoms. The summed E-state index contributed by atoms with van der Waals surface area (Å²) in [5.41, 5.74) is 8.03. The van der Waals surface area contributed by atoms with E-state index in [-0.39, 0.29) is 6.04 Å². The molecule has 0 radical (unpaired) electrons. The van der Waals surface area contributed by atoms with Crippen molar-refractivity contribution in [3.63, 3.8) is 0 Å². The largest absolute Gasteiger partial charge is 0.327 e. The van der Waals surface area contributed by atoms with Crippen molar-refractivity contribution in [1.29, 1.82) is 0 Å². The molecule has 2 heterocycles. The molecular weight excluding hydrogens is 202 g/mol. The Bertz CT molecular complexity index is 514. The van der Waals surface area contributed by atoms with Gasteiger partial charge in [-0.25, -0.2) is 9.97 Å². The normalized spacial score (nSPS) is 17.9. The van der Waals surface area contributed by atoms with Crippen molar-refractivity contribution < 1.29 is 0 Å². The summed E-state index contributed by atoms with van der Waals surface area (Å²) in [5.74, 6) is 0.696. The first-order valence-electron chi connectivity index (χ1n) is 5.63. The minimum absolute atomic E-state index is 0.235. The van der Waals surface area contributed by atoms with Crippen LogP contribution in [0.15, 0.2) is 12.5 Å². The fourth-order valence-corrected chi connectivity index (χ4v) is 2.09. The van der Waals surface area contributed by atoms with E-state index in [1.54, 1.807) is 11.0 Å². The summed E-state index contributed by atoms with van der Waals surface area (Å²) in [4.78, 5) is 8.54. The number of fused-ring (bicyclic) bond motifs is 1. The lowest BCUT2D eigenvalue weighted by molar-refractivity contribution is 0.586. The highest BCUT2D eigenvalue weighted by Gasteiger charge is 2.29. The van der Waals surface area contributed by atoms with Gasteiger partial charge >= 0.3 is 0 Å². The van der Waals surface area contributed by atoms with E-state index in [4.69, 9.17) is 5.73 Å². The van der Waals surface area contributed by atoms with E-state index in [0.29, 0.717) is 5.92 Å². The van der Waals surface area contributed by atoms with Crippen molar-refractivity contribution >= 4 is 11.0 Å². The van der Waals surface area contributed by atoms with Crippen LogP contribution in [-0.2, 0) is 13.5 Å². The Hall–Kier alpha value is -1.49. The Labute approximate surface area is 93.7 Å². The van der Waals surface area contributed by atoms with Crippen LogP contribution in [0.2, 0.25) is 0 Å². The molecule has 3 rings (SSSR count). The first-order chi connectivity index (χ1) is 7.75. The molecule has 0 saturated heterocycles. The van der Waals surface area contributed by atoms with Gasteiger partial charge in [-0.1, -0.05) is 0 Å². The molecule has 1 atom stereocenters. The third kappa shape index (κ3) is 1.57. The average molecular weight is 217 g/mol. The van der Waals surface area contributed by atoms with Gasteiger partial charge in [0.25, 0.3) is 0 Å². The van der Waals surface area contributed by atoms with Crippen LogP contribution in [0.3, 0.4) is 0 Å². The molecule has 5 nitrogen and oxygen atoms in total. The molecule has 0 bridgehead atoms. The lowest BCUT2D eigenvalue weighted by Gasteiger charge is -2.09. The van der Waals surface area contributed by atoms with E-state index in [2.05, 4.69) is 15.1 Å². The maximum atomic E-state index is 6.12. The Morgan fingerprint density at radius 3 is 3.06 bits per heavy atom. The number of aromatic nitrogens is 4. The molecule has 0 aliphatic heterocycles. The Morgan fingerprint density at radius 2 is 2.31 bits per heavy atom. The van der Waals surface area contributed by atoms with Crippen LogP contribution in [0.25, 0.3) is 11.0 Å². The summed E-state index contributed by atoms with van der Waals surface area (Å²) in [6.07, 6.45) is 6.78. The van der Waals surface area contributed by atoms with Gasteiger partial charge in [0.15, 0.2) is 5.65 Å². The Morgan fingerprint density at radius 1 is 1.50 bits per heavy atom. The van der Waals surface area contributed by atoms with E-state index >= 15 is 0 Å². The van der Waals surface area contributed by atoms with Gasteiger partial charge in [0.1, 0.15) is 6.33 Å². The monoisotopic (exact) mass is 217 g/mol. The van der Waals surface area contributed by atoms with Gasteiger partial charge in [-0.2, -0.15) is 5.10 Å². The van der Waals surface area contributed by atoms with Crippen LogP contribution in [0.5, 0.6) is 0 Å². The molecule has 1 aliphatic rings. The highest BCUT2D eigenvalue weighted by molar-refractivity contribution is 5.76. The molecule has 5 heteroatoms. The highest BCUT2D eigenvalue weighted by atomic mass is 15.3. The van der Waals surface area contributed by atoms with Gasteiger partial charge in [-0.3, -0.25) is 4.68 Å². The standard InChI is InChI=1S/C11H15N5/c1-16-11-8(5-15-16)10(13-6-14-11)4-9(12)7-2-3-7/h5-7,9H,2-4,12H2,1H3. The fraction of sp³-hybridized carbons (Fsp3) is 0.545. The van der Waals surface area contributed by atoms with Crippen LogP contribution < -0.4 is 5.73 Å². The molecule has 1 fully saturated rings. The topological polar surface area (TPSA) is 69.6 Å². The molecule has 2 aromatic rings. The maximum absolute atomic E-state index is 6.12. The van der Waals surface area contributed by atoms with E-state index < -0.39 is 0 Å². The summed E-state index contributed by atoms with van der Waals surface area (Å²) in [6, 6.07) is 0.235. The zero-order valence-corrected chi connectivity index (χ0v) is 9.30. The Balaban J connectivity index is 1.96. The summed E-state index contributed by atoms with van der Waals surface area (Å²) in [7, 11) is 1.89. The molecule has 0 aromatic carbocycles. The number of rotatable bonds is 3.